The fourth-order valence-corrected chi connectivity index (χ4v) is 3.39. The lowest BCUT2D eigenvalue weighted by Gasteiger charge is -2.31. The molecule has 0 bridgehead atoms. The Morgan fingerprint density at radius 1 is 1.36 bits per heavy atom. The Labute approximate surface area is 151 Å². The predicted molar refractivity (Wildman–Crippen MR) is 96.8 cm³/mol. The molecule has 1 aliphatic heterocycles. The molecule has 0 spiro atoms. The molecular formula is C18H23N3O3S. The van der Waals surface area contributed by atoms with Crippen molar-refractivity contribution >= 4 is 17.7 Å². The second kappa shape index (κ2) is 8.38. The number of piperidine rings is 1. The standard InChI is InChI=1S/C18H23N3O3S/c1-23-15-6-3-13(4-7-15)9-10-21-11-14(5-8-17(21)22)18-19-16(12-25-2)20-24-18/h3-4,6-7,14H,5,8-12H2,1-2H3. The van der Waals surface area contributed by atoms with E-state index in [1.807, 2.05) is 35.4 Å². The van der Waals surface area contributed by atoms with Crippen LogP contribution in [-0.2, 0) is 17.0 Å². The lowest BCUT2D eigenvalue weighted by Crippen LogP contribution is -2.40. The van der Waals surface area contributed by atoms with Crippen LogP contribution >= 0.6 is 11.8 Å². The van der Waals surface area contributed by atoms with Crippen LogP contribution in [0.3, 0.4) is 0 Å². The molecule has 1 aliphatic rings. The maximum absolute atomic E-state index is 12.2. The van der Waals surface area contributed by atoms with E-state index >= 15 is 0 Å². The van der Waals surface area contributed by atoms with E-state index < -0.39 is 0 Å². The molecule has 2 aromatic rings. The largest absolute Gasteiger partial charge is 0.497 e. The van der Waals surface area contributed by atoms with Crippen molar-refractivity contribution in [1.29, 1.82) is 0 Å². The molecule has 6 nitrogen and oxygen atoms in total. The van der Waals surface area contributed by atoms with Crippen molar-refractivity contribution < 1.29 is 14.1 Å². The topological polar surface area (TPSA) is 68.5 Å². The number of hydrogen-bond acceptors (Lipinski definition) is 6. The number of carbonyl (C=O) groups is 1. The molecule has 0 aliphatic carbocycles. The van der Waals surface area contributed by atoms with Crippen molar-refractivity contribution in [3.05, 3.63) is 41.5 Å². The number of rotatable bonds is 7. The van der Waals surface area contributed by atoms with Gasteiger partial charge in [0.05, 0.1) is 18.8 Å². The first-order valence-electron chi connectivity index (χ1n) is 8.41. The van der Waals surface area contributed by atoms with E-state index in [1.54, 1.807) is 18.9 Å². The maximum Gasteiger partial charge on any atom is 0.231 e. The average Bonchev–Trinajstić information content (AvgIpc) is 3.10. The highest BCUT2D eigenvalue weighted by Gasteiger charge is 2.30. The first kappa shape index (κ1) is 17.8. The smallest absolute Gasteiger partial charge is 0.231 e. The fourth-order valence-electron chi connectivity index (χ4n) is 3.01. The van der Waals surface area contributed by atoms with E-state index in [4.69, 9.17) is 9.26 Å². The number of nitrogens with zero attached hydrogens (tertiary/aromatic N) is 3. The monoisotopic (exact) mass is 361 g/mol. The van der Waals surface area contributed by atoms with Crippen molar-refractivity contribution in [2.45, 2.75) is 30.9 Å². The number of hydrogen-bond donors (Lipinski definition) is 0. The minimum Gasteiger partial charge on any atom is -0.497 e. The third-order valence-corrected chi connectivity index (χ3v) is 4.98. The number of amides is 1. The second-order valence-electron chi connectivity index (χ2n) is 6.16. The van der Waals surface area contributed by atoms with E-state index in [0.29, 0.717) is 25.4 Å². The molecule has 1 aromatic heterocycles. The summed E-state index contributed by atoms with van der Waals surface area (Å²) in [6.07, 6.45) is 4.15. The predicted octanol–water partition coefficient (Wildman–Crippen LogP) is 2.89. The SMILES string of the molecule is COc1ccc(CCN2CC(c3nc(CSC)no3)CCC2=O)cc1. The van der Waals surface area contributed by atoms with Crippen molar-refractivity contribution in [1.82, 2.24) is 15.0 Å². The normalized spacial score (nSPS) is 17.8. The second-order valence-corrected chi connectivity index (χ2v) is 7.02. The van der Waals surface area contributed by atoms with Gasteiger partial charge in [-0.15, -0.1) is 0 Å². The summed E-state index contributed by atoms with van der Waals surface area (Å²) in [6, 6.07) is 7.97. The molecule has 7 heteroatoms. The van der Waals surface area contributed by atoms with E-state index in [0.717, 1.165) is 30.2 Å². The first-order valence-corrected chi connectivity index (χ1v) is 9.81. The Kier molecular flexibility index (Phi) is 5.96. The number of benzene rings is 1. The van der Waals surface area contributed by atoms with Crippen LogP contribution in [0.1, 0.15) is 36.0 Å². The van der Waals surface area contributed by atoms with Gasteiger partial charge < -0.3 is 14.2 Å². The Morgan fingerprint density at radius 2 is 2.16 bits per heavy atom. The summed E-state index contributed by atoms with van der Waals surface area (Å²) < 4.78 is 10.6. The average molecular weight is 361 g/mol. The van der Waals surface area contributed by atoms with Crippen molar-refractivity contribution in [3.8, 4) is 5.75 Å². The Morgan fingerprint density at radius 3 is 2.88 bits per heavy atom. The Hall–Kier alpha value is -2.02. The lowest BCUT2D eigenvalue weighted by molar-refractivity contribution is -0.133. The molecule has 1 saturated heterocycles. The number of aromatic nitrogens is 2. The number of methoxy groups -OCH3 is 1. The molecule has 1 unspecified atom stereocenters. The van der Waals surface area contributed by atoms with Gasteiger partial charge in [0.2, 0.25) is 11.8 Å². The summed E-state index contributed by atoms with van der Waals surface area (Å²) >= 11 is 1.67. The number of thioether (sulfide) groups is 1. The van der Waals surface area contributed by atoms with Gasteiger partial charge in [-0.2, -0.15) is 16.7 Å². The van der Waals surface area contributed by atoms with Gasteiger partial charge in [0.15, 0.2) is 5.82 Å². The van der Waals surface area contributed by atoms with Gasteiger partial charge in [-0.05, 0) is 36.8 Å². The fraction of sp³-hybridized carbons (Fsp3) is 0.500. The zero-order valence-electron chi connectivity index (χ0n) is 14.6. The molecule has 0 saturated carbocycles. The van der Waals surface area contributed by atoms with E-state index in [9.17, 15) is 4.79 Å². The molecular weight excluding hydrogens is 338 g/mol. The van der Waals surface area contributed by atoms with Crippen LogP contribution in [-0.4, -0.2) is 47.4 Å². The highest BCUT2D eigenvalue weighted by Crippen LogP contribution is 2.27. The lowest BCUT2D eigenvalue weighted by atomic mass is 9.97. The molecule has 2 heterocycles. The van der Waals surface area contributed by atoms with Crippen LogP contribution in [0.15, 0.2) is 28.8 Å². The van der Waals surface area contributed by atoms with E-state index in [2.05, 4.69) is 10.1 Å². The van der Waals surface area contributed by atoms with Crippen LogP contribution in [0, 0.1) is 0 Å². The third-order valence-electron chi connectivity index (χ3n) is 4.44. The summed E-state index contributed by atoms with van der Waals surface area (Å²) in [5, 5.41) is 4.01. The van der Waals surface area contributed by atoms with Gasteiger partial charge in [-0.3, -0.25) is 4.79 Å². The van der Waals surface area contributed by atoms with Crippen LogP contribution < -0.4 is 4.74 Å². The summed E-state index contributed by atoms with van der Waals surface area (Å²) in [5.41, 5.74) is 1.19. The molecule has 3 rings (SSSR count). The Balaban J connectivity index is 1.58. The number of ether oxygens (including phenoxy) is 1. The van der Waals surface area contributed by atoms with Gasteiger partial charge in [-0.25, -0.2) is 0 Å². The van der Waals surface area contributed by atoms with Crippen LogP contribution in [0.25, 0.3) is 0 Å². The Bertz CT molecular complexity index is 702. The van der Waals surface area contributed by atoms with Gasteiger partial charge in [0.25, 0.3) is 0 Å². The van der Waals surface area contributed by atoms with Gasteiger partial charge in [0, 0.05) is 19.5 Å². The zero-order valence-corrected chi connectivity index (χ0v) is 15.4. The summed E-state index contributed by atoms with van der Waals surface area (Å²) in [6.45, 7) is 1.35. The van der Waals surface area contributed by atoms with E-state index in [1.165, 1.54) is 5.56 Å². The molecule has 1 fully saturated rings. The number of carbonyl (C=O) groups excluding carboxylic acids is 1. The minimum atomic E-state index is 0.136. The highest BCUT2D eigenvalue weighted by molar-refractivity contribution is 7.97. The van der Waals surface area contributed by atoms with E-state index in [-0.39, 0.29) is 11.8 Å². The van der Waals surface area contributed by atoms with Crippen molar-refractivity contribution in [3.63, 3.8) is 0 Å². The molecule has 0 N–H and O–H groups in total. The third kappa shape index (κ3) is 4.54. The minimum absolute atomic E-state index is 0.136. The van der Waals surface area contributed by atoms with Gasteiger partial charge >= 0.3 is 0 Å². The zero-order chi connectivity index (χ0) is 17.6. The van der Waals surface area contributed by atoms with Gasteiger partial charge in [0.1, 0.15) is 5.75 Å². The van der Waals surface area contributed by atoms with Crippen LogP contribution in [0.4, 0.5) is 0 Å². The molecule has 1 aromatic carbocycles. The molecule has 25 heavy (non-hydrogen) atoms. The van der Waals surface area contributed by atoms with Crippen LogP contribution in [0.2, 0.25) is 0 Å². The number of likely N-dealkylation sites (tertiary alicyclic amines) is 1. The van der Waals surface area contributed by atoms with Crippen LogP contribution in [0.5, 0.6) is 5.75 Å². The highest BCUT2D eigenvalue weighted by atomic mass is 32.2. The summed E-state index contributed by atoms with van der Waals surface area (Å²) in [5.74, 6) is 3.31. The summed E-state index contributed by atoms with van der Waals surface area (Å²) in [7, 11) is 1.66. The summed E-state index contributed by atoms with van der Waals surface area (Å²) in [4.78, 5) is 18.6. The van der Waals surface area contributed by atoms with Crippen molar-refractivity contribution in [2.24, 2.45) is 0 Å². The molecule has 134 valence electrons. The maximum atomic E-state index is 12.2. The van der Waals surface area contributed by atoms with Crippen molar-refractivity contribution in [2.75, 3.05) is 26.5 Å². The molecule has 1 amide bonds. The quantitative estimate of drug-likeness (QED) is 0.755. The molecule has 0 radical (unpaired) electrons. The van der Waals surface area contributed by atoms with Gasteiger partial charge in [-0.1, -0.05) is 17.3 Å². The molecule has 1 atom stereocenters. The first-order chi connectivity index (χ1) is 12.2.